The first-order valence-electron chi connectivity index (χ1n) is 6.50. The highest BCUT2D eigenvalue weighted by atomic mass is 16.5. The minimum absolute atomic E-state index is 0.0974. The molecule has 1 N–H and O–H groups in total. The summed E-state index contributed by atoms with van der Waals surface area (Å²) in [5.41, 5.74) is 0.0974. The Kier molecular flexibility index (Phi) is 7.39. The fourth-order valence-electron chi connectivity index (χ4n) is 1.50. The molecule has 0 bridgehead atoms. The zero-order chi connectivity index (χ0) is 13.5. The lowest BCUT2D eigenvalue weighted by atomic mass is 9.99. The van der Waals surface area contributed by atoms with E-state index >= 15 is 0 Å². The summed E-state index contributed by atoms with van der Waals surface area (Å²) >= 11 is 0. The van der Waals surface area contributed by atoms with Crippen LogP contribution in [-0.2, 0) is 9.53 Å². The number of esters is 1. The van der Waals surface area contributed by atoms with E-state index in [0.717, 1.165) is 13.0 Å². The van der Waals surface area contributed by atoms with Gasteiger partial charge in [-0.25, -0.2) is 0 Å². The Labute approximate surface area is 106 Å². The van der Waals surface area contributed by atoms with Crippen LogP contribution in [0.1, 0.15) is 41.0 Å². The van der Waals surface area contributed by atoms with E-state index in [1.165, 1.54) is 0 Å². The van der Waals surface area contributed by atoms with Gasteiger partial charge in [-0.1, -0.05) is 13.8 Å². The van der Waals surface area contributed by atoms with Crippen LogP contribution in [0.15, 0.2) is 0 Å². The van der Waals surface area contributed by atoms with Crippen molar-refractivity contribution in [3.8, 4) is 0 Å². The van der Waals surface area contributed by atoms with Crippen molar-refractivity contribution in [3.63, 3.8) is 0 Å². The standard InChI is InChI=1S/C13H28N2O2/c1-7-13(4,5)15(6)10-11(14-8-2)12(16)17-9-3/h11,14H,7-10H2,1-6H3. The highest BCUT2D eigenvalue weighted by Gasteiger charge is 2.27. The predicted octanol–water partition coefficient (Wildman–Crippen LogP) is 1.65. The van der Waals surface area contributed by atoms with Crippen LogP contribution in [0.3, 0.4) is 0 Å². The quantitative estimate of drug-likeness (QED) is 0.659. The van der Waals surface area contributed by atoms with Crippen molar-refractivity contribution in [2.75, 3.05) is 26.7 Å². The second-order valence-corrected chi connectivity index (χ2v) is 4.91. The van der Waals surface area contributed by atoms with Crippen LogP contribution in [-0.4, -0.2) is 49.2 Å². The third-order valence-electron chi connectivity index (χ3n) is 3.38. The number of carbonyl (C=O) groups excluding carboxylic acids is 1. The maximum Gasteiger partial charge on any atom is 0.324 e. The lowest BCUT2D eigenvalue weighted by molar-refractivity contribution is -0.146. The molecule has 0 aliphatic carbocycles. The average Bonchev–Trinajstić information content (AvgIpc) is 2.28. The van der Waals surface area contributed by atoms with Crippen LogP contribution >= 0.6 is 0 Å². The molecule has 0 aliphatic rings. The first-order valence-corrected chi connectivity index (χ1v) is 6.50. The zero-order valence-electron chi connectivity index (χ0n) is 12.2. The normalized spacial score (nSPS) is 13.8. The summed E-state index contributed by atoms with van der Waals surface area (Å²) in [5, 5.41) is 3.18. The van der Waals surface area contributed by atoms with Crippen LogP contribution in [0, 0.1) is 0 Å². The Morgan fingerprint density at radius 3 is 2.35 bits per heavy atom. The highest BCUT2D eigenvalue weighted by Crippen LogP contribution is 2.16. The van der Waals surface area contributed by atoms with Gasteiger partial charge in [0.2, 0.25) is 0 Å². The molecule has 4 heteroatoms. The molecule has 0 heterocycles. The van der Waals surface area contributed by atoms with Crippen LogP contribution in [0.4, 0.5) is 0 Å². The lowest BCUT2D eigenvalue weighted by Crippen LogP contribution is -2.51. The van der Waals surface area contributed by atoms with E-state index in [2.05, 4.69) is 31.0 Å². The number of ether oxygens (including phenoxy) is 1. The van der Waals surface area contributed by atoms with Crippen molar-refractivity contribution in [1.29, 1.82) is 0 Å². The first kappa shape index (κ1) is 16.4. The van der Waals surface area contributed by atoms with E-state index in [1.54, 1.807) is 0 Å². The molecule has 17 heavy (non-hydrogen) atoms. The SMILES string of the molecule is CCNC(CN(C)C(C)(C)CC)C(=O)OCC. The smallest absolute Gasteiger partial charge is 0.324 e. The molecule has 1 unspecified atom stereocenters. The van der Waals surface area contributed by atoms with E-state index < -0.39 is 0 Å². The van der Waals surface area contributed by atoms with Crippen LogP contribution in [0.2, 0.25) is 0 Å². The monoisotopic (exact) mass is 244 g/mol. The molecule has 0 aromatic rings. The summed E-state index contributed by atoms with van der Waals surface area (Å²) < 4.78 is 5.08. The van der Waals surface area contributed by atoms with Gasteiger partial charge in [0.05, 0.1) is 6.61 Å². The second-order valence-electron chi connectivity index (χ2n) is 4.91. The minimum Gasteiger partial charge on any atom is -0.465 e. The van der Waals surface area contributed by atoms with Gasteiger partial charge in [0.15, 0.2) is 0 Å². The Morgan fingerprint density at radius 1 is 1.35 bits per heavy atom. The van der Waals surface area contributed by atoms with Crippen molar-refractivity contribution < 1.29 is 9.53 Å². The lowest BCUT2D eigenvalue weighted by Gasteiger charge is -2.36. The number of likely N-dealkylation sites (N-methyl/N-ethyl adjacent to an activating group) is 2. The summed E-state index contributed by atoms with van der Waals surface area (Å²) in [7, 11) is 2.05. The van der Waals surface area contributed by atoms with Gasteiger partial charge in [-0.3, -0.25) is 9.69 Å². The summed E-state index contributed by atoms with van der Waals surface area (Å²) in [5.74, 6) is -0.159. The second kappa shape index (κ2) is 7.67. The molecule has 0 aromatic carbocycles. The number of hydrogen-bond donors (Lipinski definition) is 1. The Balaban J connectivity index is 4.48. The van der Waals surface area contributed by atoms with Crippen molar-refractivity contribution >= 4 is 5.97 Å². The third-order valence-corrected chi connectivity index (χ3v) is 3.38. The van der Waals surface area contributed by atoms with Crippen LogP contribution < -0.4 is 5.32 Å². The van der Waals surface area contributed by atoms with Crippen molar-refractivity contribution in [1.82, 2.24) is 10.2 Å². The van der Waals surface area contributed by atoms with E-state index in [0.29, 0.717) is 13.2 Å². The van der Waals surface area contributed by atoms with Crippen molar-refractivity contribution in [2.24, 2.45) is 0 Å². The number of nitrogens with zero attached hydrogens (tertiary/aromatic N) is 1. The van der Waals surface area contributed by atoms with E-state index in [-0.39, 0.29) is 17.6 Å². The zero-order valence-corrected chi connectivity index (χ0v) is 12.2. The Morgan fingerprint density at radius 2 is 1.94 bits per heavy atom. The van der Waals surface area contributed by atoms with E-state index in [1.807, 2.05) is 20.9 Å². The third kappa shape index (κ3) is 5.50. The minimum atomic E-state index is -0.240. The van der Waals surface area contributed by atoms with Gasteiger partial charge in [0, 0.05) is 12.1 Å². The number of hydrogen-bond acceptors (Lipinski definition) is 4. The molecule has 0 aliphatic heterocycles. The predicted molar refractivity (Wildman–Crippen MR) is 71.1 cm³/mol. The molecule has 0 amide bonds. The van der Waals surface area contributed by atoms with Gasteiger partial charge in [-0.2, -0.15) is 0 Å². The van der Waals surface area contributed by atoms with Gasteiger partial charge in [0.1, 0.15) is 6.04 Å². The number of rotatable bonds is 8. The molecule has 0 fully saturated rings. The van der Waals surface area contributed by atoms with E-state index in [4.69, 9.17) is 4.74 Å². The fraction of sp³-hybridized carbons (Fsp3) is 0.923. The summed E-state index contributed by atoms with van der Waals surface area (Å²) in [6.45, 7) is 12.2. The van der Waals surface area contributed by atoms with Gasteiger partial charge < -0.3 is 10.1 Å². The maximum absolute atomic E-state index is 11.8. The Hall–Kier alpha value is -0.610. The number of carbonyl (C=O) groups is 1. The number of nitrogens with one attached hydrogen (secondary N) is 1. The molecule has 0 saturated heterocycles. The largest absolute Gasteiger partial charge is 0.465 e. The molecule has 0 rings (SSSR count). The maximum atomic E-state index is 11.8. The molecular weight excluding hydrogens is 216 g/mol. The average molecular weight is 244 g/mol. The van der Waals surface area contributed by atoms with Gasteiger partial charge in [-0.15, -0.1) is 0 Å². The fourth-order valence-corrected chi connectivity index (χ4v) is 1.50. The molecular formula is C13H28N2O2. The molecule has 0 aromatic heterocycles. The summed E-state index contributed by atoms with van der Waals surface area (Å²) in [6.07, 6.45) is 1.05. The van der Waals surface area contributed by atoms with Crippen molar-refractivity contribution in [3.05, 3.63) is 0 Å². The van der Waals surface area contributed by atoms with Gasteiger partial charge >= 0.3 is 5.97 Å². The molecule has 0 spiro atoms. The molecule has 4 nitrogen and oxygen atoms in total. The molecule has 1 atom stereocenters. The topological polar surface area (TPSA) is 41.6 Å². The van der Waals surface area contributed by atoms with Gasteiger partial charge in [0.25, 0.3) is 0 Å². The van der Waals surface area contributed by atoms with Crippen LogP contribution in [0.5, 0.6) is 0 Å². The van der Waals surface area contributed by atoms with Crippen LogP contribution in [0.25, 0.3) is 0 Å². The summed E-state index contributed by atoms with van der Waals surface area (Å²) in [4.78, 5) is 14.0. The highest BCUT2D eigenvalue weighted by molar-refractivity contribution is 5.76. The van der Waals surface area contributed by atoms with Gasteiger partial charge in [-0.05, 0) is 40.8 Å². The van der Waals surface area contributed by atoms with E-state index in [9.17, 15) is 4.79 Å². The summed E-state index contributed by atoms with van der Waals surface area (Å²) in [6, 6.07) is -0.240. The van der Waals surface area contributed by atoms with Crippen molar-refractivity contribution in [2.45, 2.75) is 52.6 Å². The first-order chi connectivity index (χ1) is 7.88. The molecule has 0 radical (unpaired) electrons. The molecule has 0 saturated carbocycles. The molecule has 102 valence electrons. The Bertz CT molecular complexity index is 229.